The molecule has 2 heterocycles. The van der Waals surface area contributed by atoms with Gasteiger partial charge in [-0.05, 0) is 40.5 Å². The Labute approximate surface area is 199 Å². The molecule has 0 spiro atoms. The molecule has 5 aromatic rings. The van der Waals surface area contributed by atoms with Crippen LogP contribution in [0.1, 0.15) is 18.2 Å². The summed E-state index contributed by atoms with van der Waals surface area (Å²) in [4.78, 5) is 14.3. The van der Waals surface area contributed by atoms with E-state index in [9.17, 15) is 0 Å². The third kappa shape index (κ3) is 3.93. The molecule has 3 nitrogen and oxygen atoms in total. The van der Waals surface area contributed by atoms with E-state index in [0.717, 1.165) is 45.9 Å². The minimum absolute atomic E-state index is 0.174. The molecule has 0 aliphatic heterocycles. The summed E-state index contributed by atoms with van der Waals surface area (Å²) < 4.78 is 0. The van der Waals surface area contributed by atoms with E-state index in [1.165, 1.54) is 10.8 Å². The zero-order valence-corrected chi connectivity index (χ0v) is 18.7. The van der Waals surface area contributed by atoms with Gasteiger partial charge in [0.1, 0.15) is 5.82 Å². The first-order valence-corrected chi connectivity index (χ1v) is 11.6. The van der Waals surface area contributed by atoms with Crippen LogP contribution < -0.4 is 0 Å². The monoisotopic (exact) mass is 437 g/mol. The quantitative estimate of drug-likeness (QED) is 0.290. The van der Waals surface area contributed by atoms with Crippen LogP contribution in [-0.4, -0.2) is 15.0 Å². The summed E-state index contributed by atoms with van der Waals surface area (Å²) in [6.07, 6.45) is 13.1. The molecule has 3 heteroatoms. The lowest BCUT2D eigenvalue weighted by atomic mass is 9.97. The van der Waals surface area contributed by atoms with Gasteiger partial charge < -0.3 is 0 Å². The maximum atomic E-state index is 5.06. The van der Waals surface area contributed by atoms with Crippen LogP contribution in [0.25, 0.3) is 44.4 Å². The highest BCUT2D eigenvalue weighted by Crippen LogP contribution is 2.33. The highest BCUT2D eigenvalue weighted by atomic mass is 14.9. The Kier molecular flexibility index (Phi) is 5.29. The van der Waals surface area contributed by atoms with Crippen LogP contribution in [0.4, 0.5) is 0 Å². The van der Waals surface area contributed by atoms with E-state index in [-0.39, 0.29) is 5.92 Å². The first-order chi connectivity index (χ1) is 16.8. The van der Waals surface area contributed by atoms with Gasteiger partial charge >= 0.3 is 0 Å². The molecular formula is C31H23N3. The van der Waals surface area contributed by atoms with Gasteiger partial charge in [0.15, 0.2) is 0 Å². The summed E-state index contributed by atoms with van der Waals surface area (Å²) in [6, 6.07) is 29.6. The van der Waals surface area contributed by atoms with Gasteiger partial charge in [0, 0.05) is 29.4 Å². The Morgan fingerprint density at radius 2 is 1.50 bits per heavy atom. The SMILES string of the molecule is C1=CCC(c2nc(-c3ccc(-c4cccnc4)cc3)cc(-c3cccc4ccccc34)n2)C=C1. The van der Waals surface area contributed by atoms with Gasteiger partial charge in [-0.15, -0.1) is 0 Å². The van der Waals surface area contributed by atoms with Crippen LogP contribution in [0.3, 0.4) is 0 Å². The fraction of sp³-hybridized carbons (Fsp3) is 0.0645. The molecule has 6 rings (SSSR count). The molecule has 0 N–H and O–H groups in total. The Morgan fingerprint density at radius 3 is 2.32 bits per heavy atom. The first-order valence-electron chi connectivity index (χ1n) is 11.6. The van der Waals surface area contributed by atoms with Crippen molar-refractivity contribution >= 4 is 10.8 Å². The molecule has 0 bridgehead atoms. The second-order valence-corrected chi connectivity index (χ2v) is 8.50. The molecule has 3 aromatic carbocycles. The van der Waals surface area contributed by atoms with Crippen molar-refractivity contribution in [2.75, 3.05) is 0 Å². The highest BCUT2D eigenvalue weighted by Gasteiger charge is 2.17. The lowest BCUT2D eigenvalue weighted by molar-refractivity contribution is 0.775. The number of aromatic nitrogens is 3. The van der Waals surface area contributed by atoms with Crippen LogP contribution in [0, 0.1) is 0 Å². The van der Waals surface area contributed by atoms with E-state index < -0.39 is 0 Å². The van der Waals surface area contributed by atoms with Crippen molar-refractivity contribution in [2.24, 2.45) is 0 Å². The summed E-state index contributed by atoms with van der Waals surface area (Å²) in [7, 11) is 0. The predicted octanol–water partition coefficient (Wildman–Crippen LogP) is 7.63. The van der Waals surface area contributed by atoms with Gasteiger partial charge in [-0.2, -0.15) is 0 Å². The van der Waals surface area contributed by atoms with E-state index in [4.69, 9.17) is 9.97 Å². The number of rotatable bonds is 4. The van der Waals surface area contributed by atoms with Gasteiger partial charge in [0.05, 0.1) is 11.4 Å². The standard InChI is InChI=1S/C31H23N3/c1-2-9-25(10-3-1)31-33-29(24-17-15-22(16-18-24)26-12-7-19-32-21-26)20-30(34-31)28-14-6-11-23-8-4-5-13-27(23)28/h1-9,11-21,25H,10H2. The second-order valence-electron chi connectivity index (χ2n) is 8.50. The third-order valence-corrected chi connectivity index (χ3v) is 6.30. The lowest BCUT2D eigenvalue weighted by Gasteiger charge is -2.16. The Balaban J connectivity index is 1.48. The highest BCUT2D eigenvalue weighted by molar-refractivity contribution is 5.96. The van der Waals surface area contributed by atoms with E-state index in [1.807, 2.05) is 12.3 Å². The van der Waals surface area contributed by atoms with Gasteiger partial charge in [0.2, 0.25) is 0 Å². The molecule has 162 valence electrons. The molecular weight excluding hydrogens is 414 g/mol. The van der Waals surface area contributed by atoms with Crippen molar-refractivity contribution < 1.29 is 0 Å². The number of hydrogen-bond donors (Lipinski definition) is 0. The molecule has 34 heavy (non-hydrogen) atoms. The minimum atomic E-state index is 0.174. The Morgan fingerprint density at radius 1 is 0.676 bits per heavy atom. The minimum Gasteiger partial charge on any atom is -0.264 e. The van der Waals surface area contributed by atoms with Crippen molar-refractivity contribution in [3.05, 3.63) is 127 Å². The van der Waals surface area contributed by atoms with Crippen molar-refractivity contribution in [1.29, 1.82) is 0 Å². The summed E-state index contributed by atoms with van der Waals surface area (Å²) in [5.41, 5.74) is 6.34. The fourth-order valence-corrected chi connectivity index (χ4v) is 4.51. The first kappa shape index (κ1) is 20.3. The second kappa shape index (κ2) is 8.87. The number of fused-ring (bicyclic) bond motifs is 1. The maximum Gasteiger partial charge on any atom is 0.136 e. The van der Waals surface area contributed by atoms with E-state index in [0.29, 0.717) is 0 Å². The van der Waals surface area contributed by atoms with Gasteiger partial charge in [-0.25, -0.2) is 9.97 Å². The summed E-state index contributed by atoms with van der Waals surface area (Å²) >= 11 is 0. The number of pyridine rings is 1. The predicted molar refractivity (Wildman–Crippen MR) is 139 cm³/mol. The molecule has 0 saturated heterocycles. The zero-order chi connectivity index (χ0) is 22.7. The molecule has 1 unspecified atom stereocenters. The number of benzene rings is 3. The maximum absolute atomic E-state index is 5.06. The van der Waals surface area contributed by atoms with Gasteiger partial charge in [0.25, 0.3) is 0 Å². The van der Waals surface area contributed by atoms with Gasteiger partial charge in [-0.3, -0.25) is 4.98 Å². The topological polar surface area (TPSA) is 38.7 Å². The van der Waals surface area contributed by atoms with Crippen LogP contribution in [0.15, 0.2) is 122 Å². The van der Waals surface area contributed by atoms with Crippen LogP contribution in [-0.2, 0) is 0 Å². The summed E-state index contributed by atoms with van der Waals surface area (Å²) in [5.74, 6) is 1.03. The largest absolute Gasteiger partial charge is 0.264 e. The number of allylic oxidation sites excluding steroid dienone is 4. The number of nitrogens with zero attached hydrogens (tertiary/aromatic N) is 3. The smallest absolute Gasteiger partial charge is 0.136 e. The van der Waals surface area contributed by atoms with E-state index >= 15 is 0 Å². The van der Waals surface area contributed by atoms with Gasteiger partial charge in [-0.1, -0.05) is 97.1 Å². The van der Waals surface area contributed by atoms with Crippen LogP contribution in [0.2, 0.25) is 0 Å². The average molecular weight is 438 g/mol. The zero-order valence-electron chi connectivity index (χ0n) is 18.7. The van der Waals surface area contributed by atoms with Crippen LogP contribution in [0.5, 0.6) is 0 Å². The molecule has 1 aliphatic carbocycles. The molecule has 1 aliphatic rings. The molecule has 0 amide bonds. The van der Waals surface area contributed by atoms with Crippen molar-refractivity contribution in [1.82, 2.24) is 15.0 Å². The van der Waals surface area contributed by atoms with E-state index in [1.54, 1.807) is 6.20 Å². The molecule has 0 radical (unpaired) electrons. The van der Waals surface area contributed by atoms with E-state index in [2.05, 4.69) is 108 Å². The molecule has 2 aromatic heterocycles. The molecule has 0 fully saturated rings. The Hall–Kier alpha value is -4.37. The normalized spacial score (nSPS) is 15.0. The summed E-state index contributed by atoms with van der Waals surface area (Å²) in [6.45, 7) is 0. The van der Waals surface area contributed by atoms with Crippen molar-refractivity contribution in [2.45, 2.75) is 12.3 Å². The summed E-state index contributed by atoms with van der Waals surface area (Å²) in [5, 5.41) is 2.41. The molecule has 0 saturated carbocycles. The van der Waals surface area contributed by atoms with Crippen LogP contribution >= 0.6 is 0 Å². The molecule has 1 atom stereocenters. The fourth-order valence-electron chi connectivity index (χ4n) is 4.51. The average Bonchev–Trinajstić information content (AvgIpc) is 2.93. The van der Waals surface area contributed by atoms with Crippen molar-refractivity contribution in [3.63, 3.8) is 0 Å². The Bertz CT molecular complexity index is 1510. The number of hydrogen-bond acceptors (Lipinski definition) is 3. The lowest BCUT2D eigenvalue weighted by Crippen LogP contribution is -2.05. The third-order valence-electron chi connectivity index (χ3n) is 6.30. The van der Waals surface area contributed by atoms with Crippen molar-refractivity contribution in [3.8, 4) is 33.6 Å².